The molecule has 1 aromatic carbocycles. The Morgan fingerprint density at radius 3 is 2.35 bits per heavy atom. The molecule has 0 fully saturated rings. The van der Waals surface area contributed by atoms with Gasteiger partial charge in [-0.1, -0.05) is 12.1 Å². The Balaban J connectivity index is 2.61. The molecule has 1 rings (SSSR count). The maximum atomic E-state index is 11.4. The molecule has 1 aromatic rings. The van der Waals surface area contributed by atoms with Crippen LogP contribution in [0.5, 0.6) is 0 Å². The summed E-state index contributed by atoms with van der Waals surface area (Å²) in [5, 5.41) is 0. The van der Waals surface area contributed by atoms with E-state index in [4.69, 9.17) is 9.26 Å². The Morgan fingerprint density at radius 2 is 1.82 bits per heavy atom. The fourth-order valence-electron chi connectivity index (χ4n) is 1.30. The normalized spacial score (nSPS) is 11.1. The van der Waals surface area contributed by atoms with Crippen molar-refractivity contribution in [2.24, 2.45) is 0 Å². The van der Waals surface area contributed by atoms with Gasteiger partial charge in [0, 0.05) is 5.56 Å². The van der Waals surface area contributed by atoms with Crippen molar-refractivity contribution in [3.8, 4) is 0 Å². The molecule has 0 aliphatic carbocycles. The lowest BCUT2D eigenvalue weighted by Gasteiger charge is -2.01. The van der Waals surface area contributed by atoms with Gasteiger partial charge in [0.1, 0.15) is 0 Å². The largest absolute Gasteiger partial charge is 0.512 e. The summed E-state index contributed by atoms with van der Waals surface area (Å²) in [6.07, 6.45) is 0.367. The molecule has 0 aliphatic heterocycles. The van der Waals surface area contributed by atoms with Crippen LogP contribution in [0.3, 0.4) is 0 Å². The van der Waals surface area contributed by atoms with Gasteiger partial charge < -0.3 is 4.74 Å². The Hall–Kier alpha value is -1.25. The summed E-state index contributed by atoms with van der Waals surface area (Å²) in [6, 6.07) is 6.86. The molecule has 92 valence electrons. The molecule has 4 nitrogen and oxygen atoms in total. The number of hydrogen-bond acceptors (Lipinski definition) is 4. The van der Waals surface area contributed by atoms with E-state index >= 15 is 0 Å². The maximum Gasteiger partial charge on any atom is 0.512 e. The molecule has 1 atom stereocenters. The number of carbonyl (C=O) groups excluding carboxylic acids is 1. The van der Waals surface area contributed by atoms with Crippen LogP contribution in [0.4, 0.5) is 0 Å². The highest BCUT2D eigenvalue weighted by Gasteiger charge is 2.17. The summed E-state index contributed by atoms with van der Waals surface area (Å²) in [6.45, 7) is 4.36. The molecule has 17 heavy (non-hydrogen) atoms. The molecule has 0 aromatic heterocycles. The van der Waals surface area contributed by atoms with E-state index in [1.54, 1.807) is 38.1 Å². The molecule has 0 saturated heterocycles. The van der Waals surface area contributed by atoms with Gasteiger partial charge in [-0.15, -0.1) is 4.52 Å². The lowest BCUT2D eigenvalue weighted by atomic mass is 10.1. The highest BCUT2D eigenvalue weighted by molar-refractivity contribution is 7.38. The van der Waals surface area contributed by atoms with Crippen molar-refractivity contribution in [1.29, 1.82) is 0 Å². The Kier molecular flexibility index (Phi) is 5.81. The summed E-state index contributed by atoms with van der Waals surface area (Å²) >= 11 is 0. The van der Waals surface area contributed by atoms with E-state index in [1.165, 1.54) is 0 Å². The van der Waals surface area contributed by atoms with E-state index in [0.717, 1.165) is 5.56 Å². The van der Waals surface area contributed by atoms with Crippen molar-refractivity contribution in [2.75, 3.05) is 13.2 Å². The van der Waals surface area contributed by atoms with Crippen LogP contribution in [-0.2, 0) is 20.0 Å². The highest BCUT2D eigenvalue weighted by atomic mass is 31.1. The Morgan fingerprint density at radius 1 is 1.18 bits per heavy atom. The van der Waals surface area contributed by atoms with Crippen LogP contribution in [0.15, 0.2) is 24.3 Å². The number of rotatable bonds is 6. The predicted molar refractivity (Wildman–Crippen MR) is 65.3 cm³/mol. The first-order valence-electron chi connectivity index (χ1n) is 5.51. The van der Waals surface area contributed by atoms with Gasteiger partial charge in [-0.2, -0.15) is 0 Å². The van der Waals surface area contributed by atoms with Crippen LogP contribution >= 0.6 is 8.03 Å². The zero-order valence-corrected chi connectivity index (χ0v) is 10.9. The van der Waals surface area contributed by atoms with Gasteiger partial charge in [0.05, 0.1) is 18.8 Å². The second-order valence-corrected chi connectivity index (χ2v) is 4.57. The van der Waals surface area contributed by atoms with Crippen molar-refractivity contribution in [3.05, 3.63) is 35.4 Å². The molecule has 0 N–H and O–H groups in total. The predicted octanol–water partition coefficient (Wildman–Crippen LogP) is 3.14. The number of esters is 1. The Bertz CT molecular complexity index is 386. The standard InChI is InChI=1S/C12H16O4P/c1-3-15-12(13)11-7-5-10(6-8-11)9-17(14)16-4-2/h5-8H,3-4,9H2,1-2H3/q+1. The molecule has 0 bridgehead atoms. The number of ether oxygens (including phenoxy) is 1. The van der Waals surface area contributed by atoms with E-state index in [0.29, 0.717) is 24.9 Å². The first-order chi connectivity index (χ1) is 8.17. The molecular formula is C12H16O4P+. The second-order valence-electron chi connectivity index (χ2n) is 3.33. The van der Waals surface area contributed by atoms with Gasteiger partial charge in [0.2, 0.25) is 6.16 Å². The molecule has 0 saturated carbocycles. The first kappa shape index (κ1) is 13.8. The van der Waals surface area contributed by atoms with Crippen molar-refractivity contribution < 1.29 is 18.6 Å². The van der Waals surface area contributed by atoms with Gasteiger partial charge in [-0.3, -0.25) is 0 Å². The van der Waals surface area contributed by atoms with Crippen molar-refractivity contribution in [3.63, 3.8) is 0 Å². The van der Waals surface area contributed by atoms with Crippen molar-refractivity contribution >= 4 is 14.0 Å². The molecule has 1 unspecified atom stereocenters. The zero-order chi connectivity index (χ0) is 12.7. The third-order valence-electron chi connectivity index (χ3n) is 2.05. The van der Waals surface area contributed by atoms with Gasteiger partial charge in [0.15, 0.2) is 0 Å². The average Bonchev–Trinajstić information content (AvgIpc) is 2.30. The van der Waals surface area contributed by atoms with Gasteiger partial charge >= 0.3 is 14.0 Å². The second kappa shape index (κ2) is 7.15. The third-order valence-corrected chi connectivity index (χ3v) is 3.22. The van der Waals surface area contributed by atoms with Crippen LogP contribution in [0, 0.1) is 0 Å². The first-order valence-corrected chi connectivity index (χ1v) is 6.87. The quantitative estimate of drug-likeness (QED) is 0.578. The van der Waals surface area contributed by atoms with E-state index in [9.17, 15) is 9.36 Å². The van der Waals surface area contributed by atoms with E-state index in [1.807, 2.05) is 0 Å². The average molecular weight is 255 g/mol. The van der Waals surface area contributed by atoms with Gasteiger partial charge in [-0.05, 0) is 30.5 Å². The van der Waals surface area contributed by atoms with Crippen LogP contribution in [-0.4, -0.2) is 19.2 Å². The summed E-state index contributed by atoms with van der Waals surface area (Å²) in [7, 11) is -1.65. The van der Waals surface area contributed by atoms with E-state index in [-0.39, 0.29) is 5.97 Å². The molecule has 0 aliphatic rings. The summed E-state index contributed by atoms with van der Waals surface area (Å²) in [5.41, 5.74) is 1.38. The summed E-state index contributed by atoms with van der Waals surface area (Å²) in [5.74, 6) is -0.340. The van der Waals surface area contributed by atoms with Crippen molar-refractivity contribution in [1.82, 2.24) is 0 Å². The van der Waals surface area contributed by atoms with Crippen LogP contribution in [0.1, 0.15) is 29.8 Å². The van der Waals surface area contributed by atoms with Crippen LogP contribution in [0.25, 0.3) is 0 Å². The maximum absolute atomic E-state index is 11.4. The SMILES string of the molecule is CCOC(=O)c1ccc(C[P+](=O)OCC)cc1. The van der Waals surface area contributed by atoms with Gasteiger partial charge in [0.25, 0.3) is 0 Å². The lowest BCUT2D eigenvalue weighted by molar-refractivity contribution is 0.0526. The minimum Gasteiger partial charge on any atom is -0.462 e. The number of benzene rings is 1. The van der Waals surface area contributed by atoms with Crippen LogP contribution < -0.4 is 0 Å². The molecular weight excluding hydrogens is 239 g/mol. The lowest BCUT2D eigenvalue weighted by Crippen LogP contribution is -2.04. The minimum absolute atomic E-state index is 0.340. The van der Waals surface area contributed by atoms with Crippen LogP contribution in [0.2, 0.25) is 0 Å². The fourth-order valence-corrected chi connectivity index (χ4v) is 2.19. The van der Waals surface area contributed by atoms with Crippen molar-refractivity contribution in [2.45, 2.75) is 20.0 Å². The number of hydrogen-bond donors (Lipinski definition) is 0. The smallest absolute Gasteiger partial charge is 0.462 e. The van der Waals surface area contributed by atoms with E-state index in [2.05, 4.69) is 0 Å². The molecule has 0 radical (unpaired) electrons. The highest BCUT2D eigenvalue weighted by Crippen LogP contribution is 2.27. The summed E-state index contributed by atoms with van der Waals surface area (Å²) < 4.78 is 21.2. The summed E-state index contributed by atoms with van der Waals surface area (Å²) in [4.78, 5) is 11.4. The monoisotopic (exact) mass is 255 g/mol. The molecule has 0 spiro atoms. The molecule has 5 heteroatoms. The zero-order valence-electron chi connectivity index (χ0n) is 10.0. The molecule has 0 heterocycles. The van der Waals surface area contributed by atoms with E-state index < -0.39 is 8.03 Å². The Labute approximate surface area is 102 Å². The minimum atomic E-state index is -1.65. The molecule has 0 amide bonds. The third kappa shape index (κ3) is 4.63. The number of carbonyl (C=O) groups is 1. The fraction of sp³-hybridized carbons (Fsp3) is 0.417. The van der Waals surface area contributed by atoms with Gasteiger partial charge in [-0.25, -0.2) is 4.79 Å². The topological polar surface area (TPSA) is 52.6 Å².